The Balaban J connectivity index is -0.0000000133. The molecule has 0 heterocycles. The second-order valence-corrected chi connectivity index (χ2v) is 0. The van der Waals surface area contributed by atoms with Gasteiger partial charge in [-0.15, -0.1) is 0 Å². The van der Waals surface area contributed by atoms with E-state index in [4.69, 9.17) is 0 Å². The molecule has 0 spiro atoms. The molecule has 0 aromatic rings. The minimum atomic E-state index is 0. The maximum absolute atomic E-state index is 2.62. The van der Waals surface area contributed by atoms with Crippen molar-refractivity contribution in [1.82, 2.24) is 0 Å². The third-order valence-electron chi connectivity index (χ3n) is 0. The standard InChI is InChI=1S/3Se.2Ti. The van der Waals surface area contributed by atoms with E-state index in [-0.39, 0.29) is 17.1 Å². The van der Waals surface area contributed by atoms with E-state index in [1.165, 1.54) is 0 Å². The Morgan fingerprint density at radius 3 is 0.800 bits per heavy atom. The first kappa shape index (κ1) is 15.7. The third kappa shape index (κ3) is 19.5. The summed E-state index contributed by atoms with van der Waals surface area (Å²) in [5.74, 6) is 0. The predicted octanol–water partition coefficient (Wildman–Crippen LogP) is -1.15. The van der Waals surface area contributed by atoms with Crippen molar-refractivity contribution < 1.29 is 35.5 Å². The van der Waals surface area contributed by atoms with Crippen LogP contribution in [0.1, 0.15) is 0 Å². The van der Waals surface area contributed by atoms with E-state index in [2.05, 4.69) is 25.4 Å². The zero-order chi connectivity index (χ0) is 4.00. The second kappa shape index (κ2) is 28.1. The van der Waals surface area contributed by atoms with Crippen molar-refractivity contribution in [3.05, 3.63) is 0 Å². The molecule has 0 saturated carbocycles. The van der Waals surface area contributed by atoms with Gasteiger partial charge in [0.1, 0.15) is 0 Å². The first-order chi connectivity index (χ1) is 2.00. The van der Waals surface area contributed by atoms with Crippen LogP contribution >= 0.6 is 0 Å². The Kier molecular flexibility index (Phi) is 88.0. The van der Waals surface area contributed by atoms with Crippen LogP contribution in [-0.2, 0) is 35.5 Å². The third-order valence-corrected chi connectivity index (χ3v) is 0. The summed E-state index contributed by atoms with van der Waals surface area (Å²) in [6, 6.07) is 0. The molecule has 0 atom stereocenters. The van der Waals surface area contributed by atoms with E-state index < -0.39 is 0 Å². The number of hydrogen-bond acceptors (Lipinski definition) is 0. The Morgan fingerprint density at radius 1 is 0.800 bits per heavy atom. The zero-order valence-electron chi connectivity index (χ0n) is 2.22. The van der Waals surface area contributed by atoms with Gasteiger partial charge in [0.2, 0.25) is 0 Å². The van der Waals surface area contributed by atoms with E-state index in [0.717, 1.165) is 0 Å². The van der Waals surface area contributed by atoms with E-state index in [9.17, 15) is 0 Å². The molecule has 0 aliphatic rings. The summed E-state index contributed by atoms with van der Waals surface area (Å²) in [5.41, 5.74) is 0. The van der Waals surface area contributed by atoms with Crippen molar-refractivity contribution in [3.8, 4) is 0 Å². The first-order valence-electron chi connectivity index (χ1n) is 0.408. The van der Waals surface area contributed by atoms with E-state index in [1.54, 1.807) is 0 Å². The molecule has 0 unspecified atom stereocenters. The molecule has 0 amide bonds. The fraction of sp³-hybridized carbons (Fsp3) is 0. The van der Waals surface area contributed by atoms with Crippen molar-refractivity contribution in [2.45, 2.75) is 0 Å². The van der Waals surface area contributed by atoms with Gasteiger partial charge in [0.15, 0.2) is 0 Å². The van der Waals surface area contributed by atoms with Crippen LogP contribution in [0.15, 0.2) is 0 Å². The zero-order valence-corrected chi connectivity index (χ0v) is 10.5. The molecule has 2 radical (unpaired) electrons. The SMILES string of the molecule is [Se].[Ti]=[Se].[Ti]=[Se]. The molecule has 5 heavy (non-hydrogen) atoms. The molecule has 26 valence electrons. The average Bonchev–Trinajstić information content (AvgIpc) is 1.50. The fourth-order valence-corrected chi connectivity index (χ4v) is 0. The van der Waals surface area contributed by atoms with Crippen LogP contribution in [0.2, 0.25) is 0 Å². The van der Waals surface area contributed by atoms with Crippen molar-refractivity contribution >= 4 is 42.4 Å². The van der Waals surface area contributed by atoms with Gasteiger partial charge in [0.05, 0.1) is 0 Å². The van der Waals surface area contributed by atoms with Gasteiger partial charge in [-0.2, -0.15) is 0 Å². The van der Waals surface area contributed by atoms with Gasteiger partial charge < -0.3 is 0 Å². The summed E-state index contributed by atoms with van der Waals surface area (Å²) < 4.78 is 0. The van der Waals surface area contributed by atoms with Gasteiger partial charge >= 0.3 is 60.8 Å². The molecule has 0 N–H and O–H groups in total. The Morgan fingerprint density at radius 2 is 0.800 bits per heavy atom. The van der Waals surface area contributed by atoms with Gasteiger partial charge in [-0.25, -0.2) is 0 Å². The molecule has 0 aromatic carbocycles. The molecular formula is Se3Ti2. The summed E-state index contributed by atoms with van der Waals surface area (Å²) >= 11 is 9.00. The van der Waals surface area contributed by atoms with E-state index >= 15 is 0 Å². The first-order valence-corrected chi connectivity index (χ1v) is 8.75. The Labute approximate surface area is 76.4 Å². The predicted molar refractivity (Wildman–Crippen MR) is 17.3 cm³/mol. The molecule has 0 saturated heterocycles. The maximum atomic E-state index is 2.62. The van der Waals surface area contributed by atoms with Crippen LogP contribution in [0.3, 0.4) is 0 Å². The molecule has 0 aliphatic heterocycles. The second-order valence-electron chi connectivity index (χ2n) is 0. The van der Waals surface area contributed by atoms with E-state index in [1.807, 2.05) is 35.5 Å². The van der Waals surface area contributed by atoms with Gasteiger partial charge in [0.25, 0.3) is 0 Å². The molecule has 0 nitrogen and oxygen atoms in total. The molecule has 0 fully saturated rings. The van der Waals surface area contributed by atoms with Gasteiger partial charge in [-0.1, -0.05) is 0 Å². The molecular weight excluding hydrogens is 333 g/mol. The quantitative estimate of drug-likeness (QED) is 0.492. The monoisotopic (exact) mass is 336 g/mol. The van der Waals surface area contributed by atoms with Gasteiger partial charge in [-0.05, 0) is 0 Å². The molecule has 0 rings (SSSR count). The molecule has 0 aliphatic carbocycles. The normalized spacial score (nSPS) is 1.20. The molecule has 5 heteroatoms. The van der Waals surface area contributed by atoms with Gasteiger partial charge in [0, 0.05) is 17.1 Å². The van der Waals surface area contributed by atoms with Gasteiger partial charge in [-0.3, -0.25) is 0 Å². The van der Waals surface area contributed by atoms with Crippen LogP contribution in [0.5, 0.6) is 0 Å². The summed E-state index contributed by atoms with van der Waals surface area (Å²) in [6.07, 6.45) is 0. The van der Waals surface area contributed by atoms with Crippen LogP contribution in [0.25, 0.3) is 0 Å². The van der Waals surface area contributed by atoms with Crippen molar-refractivity contribution in [3.63, 3.8) is 0 Å². The average molecular weight is 333 g/mol. The molecule has 0 bridgehead atoms. The van der Waals surface area contributed by atoms with Crippen LogP contribution in [0, 0.1) is 0 Å². The summed E-state index contributed by atoms with van der Waals surface area (Å²) in [5, 5.41) is 0. The van der Waals surface area contributed by atoms with Crippen molar-refractivity contribution in [1.29, 1.82) is 0 Å². The Hall–Kier alpha value is 2.99. The van der Waals surface area contributed by atoms with Crippen LogP contribution in [-0.4, -0.2) is 42.4 Å². The topological polar surface area (TPSA) is 0 Å². The van der Waals surface area contributed by atoms with E-state index in [0.29, 0.717) is 0 Å². The summed E-state index contributed by atoms with van der Waals surface area (Å²) in [7, 11) is 0. The van der Waals surface area contributed by atoms with Crippen LogP contribution < -0.4 is 0 Å². The summed E-state index contributed by atoms with van der Waals surface area (Å²) in [4.78, 5) is 0. The molecule has 0 aromatic heterocycles. The number of rotatable bonds is 0. The van der Waals surface area contributed by atoms with Crippen molar-refractivity contribution in [2.24, 2.45) is 0 Å². The van der Waals surface area contributed by atoms with Crippen molar-refractivity contribution in [2.75, 3.05) is 0 Å². The number of hydrogen-bond donors (Lipinski definition) is 0. The Bertz CT molecular complexity index is 6.85. The minimum absolute atomic E-state index is 0. The van der Waals surface area contributed by atoms with Crippen LogP contribution in [0.4, 0.5) is 0 Å². The summed E-state index contributed by atoms with van der Waals surface area (Å²) in [6.45, 7) is 0. The fourth-order valence-electron chi connectivity index (χ4n) is 0.